The van der Waals surface area contributed by atoms with Gasteiger partial charge in [-0.05, 0) is 42.0 Å². The van der Waals surface area contributed by atoms with Crippen LogP contribution in [0, 0.1) is 5.82 Å². The van der Waals surface area contributed by atoms with Crippen molar-refractivity contribution in [1.82, 2.24) is 0 Å². The van der Waals surface area contributed by atoms with E-state index in [2.05, 4.69) is 10.6 Å². The highest BCUT2D eigenvalue weighted by atomic mass is 35.5. The first-order chi connectivity index (χ1) is 10.0. The number of benzene rings is 2. The molecule has 0 bridgehead atoms. The molecular formula is C15H10ClFN2O2. The molecule has 2 N–H and O–H groups in total. The van der Waals surface area contributed by atoms with Crippen LogP contribution in [-0.4, -0.2) is 11.8 Å². The molecule has 0 saturated heterocycles. The molecule has 4 nitrogen and oxygen atoms in total. The van der Waals surface area contributed by atoms with Crippen LogP contribution in [0.3, 0.4) is 0 Å². The van der Waals surface area contributed by atoms with Crippen molar-refractivity contribution in [2.45, 2.75) is 6.42 Å². The fourth-order valence-corrected chi connectivity index (χ4v) is 2.42. The molecule has 0 fully saturated rings. The standard InChI is InChI=1S/C15H10ClFN2O2/c16-10-5-11(17)7-12(6-10)18-15(21)8-1-2-13-9(3-8)4-14(20)19-13/h1-3,5-7H,4H2,(H,18,21)(H,19,20). The number of nitrogens with one attached hydrogen (secondary N) is 2. The minimum atomic E-state index is -0.526. The summed E-state index contributed by atoms with van der Waals surface area (Å²) < 4.78 is 13.2. The summed E-state index contributed by atoms with van der Waals surface area (Å²) in [5, 5.41) is 5.47. The summed E-state index contributed by atoms with van der Waals surface area (Å²) in [6.45, 7) is 0. The van der Waals surface area contributed by atoms with Crippen molar-refractivity contribution in [3.8, 4) is 0 Å². The number of anilines is 2. The van der Waals surface area contributed by atoms with Gasteiger partial charge in [-0.15, -0.1) is 0 Å². The van der Waals surface area contributed by atoms with Gasteiger partial charge in [0.2, 0.25) is 5.91 Å². The number of halogens is 2. The summed E-state index contributed by atoms with van der Waals surface area (Å²) in [6, 6.07) is 8.71. The topological polar surface area (TPSA) is 58.2 Å². The predicted molar refractivity (Wildman–Crippen MR) is 78.1 cm³/mol. The van der Waals surface area contributed by atoms with E-state index in [1.807, 2.05) is 0 Å². The Labute approximate surface area is 124 Å². The molecule has 0 unspecified atom stereocenters. The van der Waals surface area contributed by atoms with E-state index in [0.29, 0.717) is 11.3 Å². The van der Waals surface area contributed by atoms with Gasteiger partial charge in [-0.1, -0.05) is 11.6 Å². The normalized spacial score (nSPS) is 12.8. The molecule has 2 aromatic rings. The second-order valence-electron chi connectivity index (χ2n) is 4.71. The Morgan fingerprint density at radius 3 is 2.81 bits per heavy atom. The molecule has 1 heterocycles. The summed E-state index contributed by atoms with van der Waals surface area (Å²) in [7, 11) is 0. The number of carbonyl (C=O) groups is 2. The lowest BCUT2D eigenvalue weighted by molar-refractivity contribution is -0.115. The van der Waals surface area contributed by atoms with Crippen molar-refractivity contribution < 1.29 is 14.0 Å². The van der Waals surface area contributed by atoms with Gasteiger partial charge in [0.25, 0.3) is 5.91 Å². The van der Waals surface area contributed by atoms with Crippen LogP contribution in [-0.2, 0) is 11.2 Å². The third kappa shape index (κ3) is 2.87. The van der Waals surface area contributed by atoms with E-state index >= 15 is 0 Å². The van der Waals surface area contributed by atoms with Crippen LogP contribution in [0.5, 0.6) is 0 Å². The Morgan fingerprint density at radius 2 is 2.05 bits per heavy atom. The van der Waals surface area contributed by atoms with Crippen LogP contribution in [0.15, 0.2) is 36.4 Å². The Hall–Kier alpha value is -2.40. The summed E-state index contributed by atoms with van der Waals surface area (Å²) in [5.41, 5.74) is 2.15. The van der Waals surface area contributed by atoms with E-state index in [4.69, 9.17) is 11.6 Å². The van der Waals surface area contributed by atoms with Gasteiger partial charge in [0, 0.05) is 22.0 Å². The highest BCUT2D eigenvalue weighted by Crippen LogP contribution is 2.24. The summed E-state index contributed by atoms with van der Waals surface area (Å²) in [5.74, 6) is -1.01. The monoisotopic (exact) mass is 304 g/mol. The SMILES string of the molecule is O=C1Cc2cc(C(=O)Nc3cc(F)cc(Cl)c3)ccc2N1. The molecule has 0 radical (unpaired) electrons. The average molecular weight is 305 g/mol. The third-order valence-electron chi connectivity index (χ3n) is 3.11. The van der Waals surface area contributed by atoms with Crippen LogP contribution >= 0.6 is 11.6 Å². The van der Waals surface area contributed by atoms with E-state index in [1.165, 1.54) is 12.1 Å². The zero-order chi connectivity index (χ0) is 15.0. The summed E-state index contributed by atoms with van der Waals surface area (Å²) >= 11 is 5.74. The largest absolute Gasteiger partial charge is 0.326 e. The van der Waals surface area contributed by atoms with E-state index in [1.54, 1.807) is 18.2 Å². The third-order valence-corrected chi connectivity index (χ3v) is 3.33. The van der Waals surface area contributed by atoms with Crippen LogP contribution in [0.25, 0.3) is 0 Å². The zero-order valence-corrected chi connectivity index (χ0v) is 11.5. The molecule has 21 heavy (non-hydrogen) atoms. The highest BCUT2D eigenvalue weighted by molar-refractivity contribution is 6.31. The number of carbonyl (C=O) groups excluding carboxylic acids is 2. The van der Waals surface area contributed by atoms with E-state index in [-0.39, 0.29) is 28.9 Å². The second kappa shape index (κ2) is 5.18. The number of amides is 2. The van der Waals surface area contributed by atoms with Gasteiger partial charge in [0.15, 0.2) is 0 Å². The average Bonchev–Trinajstić information content (AvgIpc) is 2.76. The fourth-order valence-electron chi connectivity index (χ4n) is 2.20. The maximum Gasteiger partial charge on any atom is 0.255 e. The quantitative estimate of drug-likeness (QED) is 0.895. The highest BCUT2D eigenvalue weighted by Gasteiger charge is 2.19. The van der Waals surface area contributed by atoms with Gasteiger partial charge in [-0.2, -0.15) is 0 Å². The van der Waals surface area contributed by atoms with Crippen molar-refractivity contribution in [1.29, 1.82) is 0 Å². The van der Waals surface area contributed by atoms with E-state index < -0.39 is 5.82 Å². The Bertz CT molecular complexity index is 741. The van der Waals surface area contributed by atoms with Gasteiger partial charge in [-0.3, -0.25) is 9.59 Å². The maximum atomic E-state index is 13.2. The molecule has 2 aromatic carbocycles. The molecular weight excluding hydrogens is 295 g/mol. The van der Waals surface area contributed by atoms with Crippen molar-refractivity contribution in [3.63, 3.8) is 0 Å². The molecule has 1 aliphatic rings. The molecule has 0 spiro atoms. The van der Waals surface area contributed by atoms with Crippen LogP contribution in [0.1, 0.15) is 15.9 Å². The number of fused-ring (bicyclic) bond motifs is 1. The first-order valence-corrected chi connectivity index (χ1v) is 6.59. The number of hydrogen-bond donors (Lipinski definition) is 2. The lowest BCUT2D eigenvalue weighted by Gasteiger charge is -2.07. The zero-order valence-electron chi connectivity index (χ0n) is 10.7. The lowest BCUT2D eigenvalue weighted by Crippen LogP contribution is -2.12. The Morgan fingerprint density at radius 1 is 1.24 bits per heavy atom. The second-order valence-corrected chi connectivity index (χ2v) is 5.15. The molecule has 1 aliphatic heterocycles. The van der Waals surface area contributed by atoms with Crippen LogP contribution in [0.2, 0.25) is 5.02 Å². The predicted octanol–water partition coefficient (Wildman–Crippen LogP) is 3.23. The van der Waals surface area contributed by atoms with Gasteiger partial charge >= 0.3 is 0 Å². The smallest absolute Gasteiger partial charge is 0.255 e. The van der Waals surface area contributed by atoms with Crippen LogP contribution in [0.4, 0.5) is 15.8 Å². The Kier molecular flexibility index (Phi) is 3.35. The minimum absolute atomic E-state index is 0.0977. The molecule has 6 heteroatoms. The molecule has 0 aromatic heterocycles. The van der Waals surface area contributed by atoms with Crippen molar-refractivity contribution in [2.24, 2.45) is 0 Å². The van der Waals surface area contributed by atoms with Gasteiger partial charge in [-0.25, -0.2) is 4.39 Å². The van der Waals surface area contributed by atoms with Crippen molar-refractivity contribution >= 4 is 34.8 Å². The molecule has 106 valence electrons. The first-order valence-electron chi connectivity index (χ1n) is 6.21. The first kappa shape index (κ1) is 13.6. The van der Waals surface area contributed by atoms with E-state index in [9.17, 15) is 14.0 Å². The molecule has 0 aliphatic carbocycles. The lowest BCUT2D eigenvalue weighted by atomic mass is 10.1. The van der Waals surface area contributed by atoms with Crippen molar-refractivity contribution in [2.75, 3.05) is 10.6 Å². The summed E-state index contributed by atoms with van der Waals surface area (Å²) in [6.07, 6.45) is 0.252. The molecule has 3 rings (SSSR count). The Balaban J connectivity index is 1.83. The fraction of sp³-hybridized carbons (Fsp3) is 0.0667. The molecule has 0 saturated carbocycles. The molecule has 0 atom stereocenters. The minimum Gasteiger partial charge on any atom is -0.326 e. The number of hydrogen-bond acceptors (Lipinski definition) is 2. The van der Waals surface area contributed by atoms with Gasteiger partial charge in [0.1, 0.15) is 5.82 Å². The number of rotatable bonds is 2. The van der Waals surface area contributed by atoms with Crippen molar-refractivity contribution in [3.05, 3.63) is 58.4 Å². The summed E-state index contributed by atoms with van der Waals surface area (Å²) in [4.78, 5) is 23.4. The maximum absolute atomic E-state index is 13.2. The van der Waals surface area contributed by atoms with Gasteiger partial charge < -0.3 is 10.6 Å². The molecule has 2 amide bonds. The van der Waals surface area contributed by atoms with E-state index in [0.717, 1.165) is 11.6 Å². The van der Waals surface area contributed by atoms with Crippen LogP contribution < -0.4 is 10.6 Å². The van der Waals surface area contributed by atoms with Gasteiger partial charge in [0.05, 0.1) is 6.42 Å².